The van der Waals surface area contributed by atoms with Gasteiger partial charge in [-0.25, -0.2) is 4.79 Å². The average molecular weight is 348 g/mol. The highest BCUT2D eigenvalue weighted by Crippen LogP contribution is 2.21. The zero-order valence-electron chi connectivity index (χ0n) is 11.6. The van der Waals surface area contributed by atoms with Crippen molar-refractivity contribution in [1.82, 2.24) is 0 Å². The molecule has 5 heteroatoms. The number of rotatable bonds is 3. The number of amides is 1. The molecule has 0 spiro atoms. The van der Waals surface area contributed by atoms with Crippen molar-refractivity contribution in [1.29, 1.82) is 0 Å². The summed E-state index contributed by atoms with van der Waals surface area (Å²) in [6.45, 7) is 3.91. The highest BCUT2D eigenvalue weighted by molar-refractivity contribution is 9.10. The van der Waals surface area contributed by atoms with Gasteiger partial charge in [-0.1, -0.05) is 22.0 Å². The van der Waals surface area contributed by atoms with Crippen LogP contribution in [0.1, 0.15) is 31.8 Å². The average Bonchev–Trinajstić information content (AvgIpc) is 2.41. The number of carboxylic acids is 1. The zero-order chi connectivity index (χ0) is 15.6. The number of aromatic carboxylic acids is 1. The molecule has 21 heavy (non-hydrogen) atoms. The molecule has 2 rings (SSSR count). The molecule has 108 valence electrons. The van der Waals surface area contributed by atoms with Crippen LogP contribution in [-0.4, -0.2) is 17.0 Å². The van der Waals surface area contributed by atoms with Crippen LogP contribution in [0.25, 0.3) is 0 Å². The topological polar surface area (TPSA) is 66.4 Å². The minimum Gasteiger partial charge on any atom is -0.478 e. The van der Waals surface area contributed by atoms with Crippen molar-refractivity contribution >= 4 is 33.5 Å². The summed E-state index contributed by atoms with van der Waals surface area (Å²) in [7, 11) is 0. The number of benzene rings is 2. The predicted molar refractivity (Wildman–Crippen MR) is 85.0 cm³/mol. The fourth-order valence-electron chi connectivity index (χ4n) is 1.87. The first-order valence-electron chi connectivity index (χ1n) is 6.29. The second kappa shape index (κ2) is 6.10. The molecule has 0 aliphatic carbocycles. The van der Waals surface area contributed by atoms with E-state index in [1.807, 2.05) is 19.9 Å². The molecule has 0 heterocycles. The van der Waals surface area contributed by atoms with Crippen LogP contribution in [0, 0.1) is 13.8 Å². The molecule has 0 fully saturated rings. The van der Waals surface area contributed by atoms with Crippen molar-refractivity contribution < 1.29 is 14.7 Å². The highest BCUT2D eigenvalue weighted by Gasteiger charge is 2.10. The van der Waals surface area contributed by atoms with E-state index in [0.717, 1.165) is 11.1 Å². The van der Waals surface area contributed by atoms with Crippen LogP contribution in [0.3, 0.4) is 0 Å². The summed E-state index contributed by atoms with van der Waals surface area (Å²) >= 11 is 3.23. The van der Waals surface area contributed by atoms with Crippen LogP contribution < -0.4 is 5.32 Å². The molecule has 2 aromatic carbocycles. The van der Waals surface area contributed by atoms with E-state index in [0.29, 0.717) is 15.7 Å². The Hall–Kier alpha value is -2.14. The van der Waals surface area contributed by atoms with Crippen molar-refractivity contribution in [3.63, 3.8) is 0 Å². The maximum Gasteiger partial charge on any atom is 0.335 e. The molecule has 2 N–H and O–H groups in total. The first kappa shape index (κ1) is 15.3. The van der Waals surface area contributed by atoms with Crippen LogP contribution in [-0.2, 0) is 0 Å². The van der Waals surface area contributed by atoms with Crippen molar-refractivity contribution in [3.8, 4) is 0 Å². The Kier molecular flexibility index (Phi) is 4.43. The van der Waals surface area contributed by atoms with E-state index in [9.17, 15) is 9.59 Å². The standard InChI is InChI=1S/C16H14BrNO3/c1-9-3-4-11(5-10(9)2)15(19)18-14-7-12(16(20)21)6-13(17)8-14/h3-8H,1-2H3,(H,18,19)(H,20,21). The molecule has 0 aliphatic heterocycles. The van der Waals surface area contributed by atoms with Crippen LogP contribution in [0.4, 0.5) is 5.69 Å². The van der Waals surface area contributed by atoms with Gasteiger partial charge in [-0.3, -0.25) is 4.79 Å². The van der Waals surface area contributed by atoms with Crippen LogP contribution >= 0.6 is 15.9 Å². The molecule has 0 saturated heterocycles. The second-order valence-electron chi connectivity index (χ2n) is 4.79. The Labute approximate surface area is 130 Å². The number of halogens is 1. The number of carboxylic acid groups (broad SMARTS) is 1. The van der Waals surface area contributed by atoms with Crippen molar-refractivity contribution in [2.45, 2.75) is 13.8 Å². The van der Waals surface area contributed by atoms with E-state index in [1.54, 1.807) is 18.2 Å². The van der Waals surface area contributed by atoms with Gasteiger partial charge in [-0.15, -0.1) is 0 Å². The van der Waals surface area contributed by atoms with Crippen molar-refractivity contribution in [2.75, 3.05) is 5.32 Å². The molecule has 0 atom stereocenters. The van der Waals surface area contributed by atoms with Gasteiger partial charge in [0.2, 0.25) is 0 Å². The zero-order valence-corrected chi connectivity index (χ0v) is 13.2. The number of hydrogen-bond acceptors (Lipinski definition) is 2. The molecule has 0 radical (unpaired) electrons. The smallest absolute Gasteiger partial charge is 0.335 e. The molecule has 0 bridgehead atoms. The minimum absolute atomic E-state index is 0.111. The molecule has 2 aromatic rings. The van der Waals surface area contributed by atoms with Crippen molar-refractivity contribution in [2.24, 2.45) is 0 Å². The number of anilines is 1. The third kappa shape index (κ3) is 3.70. The van der Waals surface area contributed by atoms with E-state index in [2.05, 4.69) is 21.2 Å². The first-order chi connectivity index (χ1) is 9.86. The number of carbonyl (C=O) groups is 2. The summed E-state index contributed by atoms with van der Waals surface area (Å²) in [4.78, 5) is 23.2. The Morgan fingerprint density at radius 3 is 2.33 bits per heavy atom. The molecule has 0 saturated carbocycles. The van der Waals surface area contributed by atoms with E-state index in [-0.39, 0.29) is 11.5 Å². The summed E-state index contributed by atoms with van der Waals surface area (Å²) in [6.07, 6.45) is 0. The largest absolute Gasteiger partial charge is 0.478 e. The number of aryl methyl sites for hydroxylation is 2. The Morgan fingerprint density at radius 1 is 1.00 bits per heavy atom. The van der Waals surface area contributed by atoms with Gasteiger partial charge in [-0.2, -0.15) is 0 Å². The van der Waals surface area contributed by atoms with E-state index in [1.165, 1.54) is 12.1 Å². The molecular weight excluding hydrogens is 334 g/mol. The first-order valence-corrected chi connectivity index (χ1v) is 7.08. The summed E-state index contributed by atoms with van der Waals surface area (Å²) in [5.41, 5.74) is 3.23. The number of carbonyl (C=O) groups excluding carboxylic acids is 1. The third-order valence-corrected chi connectivity index (χ3v) is 3.63. The molecule has 0 unspecified atom stereocenters. The number of nitrogens with one attached hydrogen (secondary N) is 1. The van der Waals surface area contributed by atoms with Gasteiger partial charge < -0.3 is 10.4 Å². The molecule has 4 nitrogen and oxygen atoms in total. The van der Waals surface area contributed by atoms with Gasteiger partial charge in [0.1, 0.15) is 0 Å². The lowest BCUT2D eigenvalue weighted by atomic mass is 10.1. The minimum atomic E-state index is -1.04. The molecule has 0 aliphatic rings. The lowest BCUT2D eigenvalue weighted by Gasteiger charge is -2.08. The monoisotopic (exact) mass is 347 g/mol. The SMILES string of the molecule is Cc1ccc(C(=O)Nc2cc(Br)cc(C(=O)O)c2)cc1C. The lowest BCUT2D eigenvalue weighted by molar-refractivity contribution is 0.0696. The van der Waals surface area contributed by atoms with Crippen LogP contribution in [0.5, 0.6) is 0 Å². The quantitative estimate of drug-likeness (QED) is 0.881. The molecular formula is C16H14BrNO3. The Morgan fingerprint density at radius 2 is 1.71 bits per heavy atom. The summed E-state index contributed by atoms with van der Waals surface area (Å²) in [5.74, 6) is -1.31. The molecule has 1 amide bonds. The lowest BCUT2D eigenvalue weighted by Crippen LogP contribution is -2.13. The van der Waals surface area contributed by atoms with E-state index < -0.39 is 5.97 Å². The maximum atomic E-state index is 12.2. The maximum absolute atomic E-state index is 12.2. The Balaban J connectivity index is 2.27. The van der Waals surface area contributed by atoms with Crippen molar-refractivity contribution in [3.05, 3.63) is 63.1 Å². The van der Waals surface area contributed by atoms with Gasteiger partial charge in [0.25, 0.3) is 5.91 Å². The van der Waals surface area contributed by atoms with E-state index >= 15 is 0 Å². The third-order valence-electron chi connectivity index (χ3n) is 3.17. The summed E-state index contributed by atoms with van der Waals surface area (Å²) in [5, 5.41) is 11.7. The van der Waals surface area contributed by atoms with E-state index in [4.69, 9.17) is 5.11 Å². The number of hydrogen-bond donors (Lipinski definition) is 2. The predicted octanol–water partition coefficient (Wildman–Crippen LogP) is 4.02. The Bertz CT molecular complexity index is 725. The highest BCUT2D eigenvalue weighted by atomic mass is 79.9. The van der Waals surface area contributed by atoms with Gasteiger partial charge in [-0.05, 0) is 55.3 Å². The second-order valence-corrected chi connectivity index (χ2v) is 5.70. The fraction of sp³-hybridized carbons (Fsp3) is 0.125. The van der Waals surface area contributed by atoms with Gasteiger partial charge in [0.05, 0.1) is 5.56 Å². The summed E-state index contributed by atoms with van der Waals surface area (Å²) < 4.78 is 0.595. The summed E-state index contributed by atoms with van der Waals surface area (Å²) in [6, 6.07) is 9.99. The molecule has 0 aromatic heterocycles. The van der Waals surface area contributed by atoms with Gasteiger partial charge >= 0.3 is 5.97 Å². The van der Waals surface area contributed by atoms with Gasteiger partial charge in [0, 0.05) is 15.7 Å². The normalized spacial score (nSPS) is 10.2. The van der Waals surface area contributed by atoms with Crippen LogP contribution in [0.15, 0.2) is 40.9 Å². The van der Waals surface area contributed by atoms with Gasteiger partial charge in [0.15, 0.2) is 0 Å². The van der Waals surface area contributed by atoms with Crippen LogP contribution in [0.2, 0.25) is 0 Å². The fourth-order valence-corrected chi connectivity index (χ4v) is 2.36.